The van der Waals surface area contributed by atoms with Gasteiger partial charge in [-0.25, -0.2) is 17.5 Å². The third kappa shape index (κ3) is 3.32. The van der Waals surface area contributed by atoms with Crippen molar-refractivity contribution in [1.82, 2.24) is 4.72 Å². The molecule has 0 bridgehead atoms. The summed E-state index contributed by atoms with van der Waals surface area (Å²) in [4.78, 5) is 0.205. The molecule has 0 aliphatic heterocycles. The number of halogens is 1. The van der Waals surface area contributed by atoms with Crippen molar-refractivity contribution in [1.29, 1.82) is 0 Å². The Balaban J connectivity index is 1.95. The molecule has 0 atom stereocenters. The Morgan fingerprint density at radius 1 is 0.875 bits per heavy atom. The minimum atomic E-state index is -3.71. The van der Waals surface area contributed by atoms with Gasteiger partial charge < -0.3 is 0 Å². The molecule has 3 aromatic rings. The van der Waals surface area contributed by atoms with Crippen molar-refractivity contribution in [2.45, 2.75) is 24.3 Å². The topological polar surface area (TPSA) is 46.2 Å². The molecule has 1 N–H and O–H groups in total. The fraction of sp³-hybridized carbons (Fsp3) is 0.158. The van der Waals surface area contributed by atoms with Crippen LogP contribution in [0.1, 0.15) is 19.4 Å². The number of rotatable bonds is 4. The summed E-state index contributed by atoms with van der Waals surface area (Å²) < 4.78 is 41.3. The molecule has 0 spiro atoms. The van der Waals surface area contributed by atoms with Crippen LogP contribution >= 0.6 is 0 Å². The summed E-state index contributed by atoms with van der Waals surface area (Å²) in [6, 6.07) is 18.4. The normalized spacial score (nSPS) is 12.5. The standard InChI is InChI=1S/C19H18FNO2S/c1-19(2,16-8-10-17(20)11-9-16)21-24(22,23)18-12-7-14-5-3-4-6-15(14)13-18/h3-13,21H,1-2H3. The van der Waals surface area contributed by atoms with E-state index in [9.17, 15) is 12.8 Å². The van der Waals surface area contributed by atoms with Crippen LogP contribution in [0.3, 0.4) is 0 Å². The molecule has 0 aromatic heterocycles. The van der Waals surface area contributed by atoms with Gasteiger partial charge in [-0.1, -0.05) is 42.5 Å². The highest BCUT2D eigenvalue weighted by Crippen LogP contribution is 2.25. The van der Waals surface area contributed by atoms with E-state index in [1.807, 2.05) is 24.3 Å². The summed E-state index contributed by atoms with van der Waals surface area (Å²) in [5, 5.41) is 1.84. The van der Waals surface area contributed by atoms with Crippen LogP contribution in [-0.2, 0) is 15.6 Å². The van der Waals surface area contributed by atoms with Gasteiger partial charge in [0.1, 0.15) is 5.82 Å². The number of benzene rings is 3. The van der Waals surface area contributed by atoms with Crippen molar-refractivity contribution < 1.29 is 12.8 Å². The van der Waals surface area contributed by atoms with Gasteiger partial charge in [-0.05, 0) is 54.4 Å². The third-order valence-corrected chi connectivity index (χ3v) is 5.64. The highest BCUT2D eigenvalue weighted by Gasteiger charge is 2.28. The SMILES string of the molecule is CC(C)(NS(=O)(=O)c1ccc2ccccc2c1)c1ccc(F)cc1. The maximum atomic E-state index is 13.1. The fourth-order valence-corrected chi connectivity index (χ4v) is 4.09. The van der Waals surface area contributed by atoms with Gasteiger partial charge in [0, 0.05) is 0 Å². The molecule has 0 radical (unpaired) electrons. The van der Waals surface area contributed by atoms with E-state index in [1.165, 1.54) is 12.1 Å². The van der Waals surface area contributed by atoms with Crippen LogP contribution in [0.2, 0.25) is 0 Å². The van der Waals surface area contributed by atoms with Gasteiger partial charge in [0.05, 0.1) is 10.4 Å². The molecule has 0 unspecified atom stereocenters. The molecule has 3 aromatic carbocycles. The van der Waals surface area contributed by atoms with Crippen molar-refractivity contribution in [3.63, 3.8) is 0 Å². The Morgan fingerprint density at radius 2 is 1.50 bits per heavy atom. The second-order valence-electron chi connectivity index (χ2n) is 6.25. The Hall–Kier alpha value is -2.24. The van der Waals surface area contributed by atoms with Crippen LogP contribution in [0.4, 0.5) is 4.39 Å². The third-order valence-electron chi connectivity index (χ3n) is 3.99. The highest BCUT2D eigenvalue weighted by molar-refractivity contribution is 7.89. The van der Waals surface area contributed by atoms with E-state index < -0.39 is 15.6 Å². The van der Waals surface area contributed by atoms with Crippen molar-refractivity contribution in [2.75, 3.05) is 0 Å². The molecular formula is C19H18FNO2S. The molecule has 124 valence electrons. The first kappa shape index (κ1) is 16.6. The molecule has 3 nitrogen and oxygen atoms in total. The largest absolute Gasteiger partial charge is 0.241 e. The predicted octanol–water partition coefficient (Wildman–Crippen LogP) is 4.19. The molecular weight excluding hydrogens is 325 g/mol. The molecule has 5 heteroatoms. The van der Waals surface area contributed by atoms with Crippen molar-refractivity contribution in [2.24, 2.45) is 0 Å². The monoisotopic (exact) mass is 343 g/mol. The summed E-state index contributed by atoms with van der Waals surface area (Å²) in [6.07, 6.45) is 0. The highest BCUT2D eigenvalue weighted by atomic mass is 32.2. The maximum Gasteiger partial charge on any atom is 0.241 e. The minimum absolute atomic E-state index is 0.205. The van der Waals surface area contributed by atoms with Crippen LogP contribution in [-0.4, -0.2) is 8.42 Å². The first-order chi connectivity index (χ1) is 11.3. The average Bonchev–Trinajstić information content (AvgIpc) is 2.54. The first-order valence-electron chi connectivity index (χ1n) is 7.57. The van der Waals surface area contributed by atoms with Gasteiger partial charge in [-0.15, -0.1) is 0 Å². The Morgan fingerprint density at radius 3 is 2.17 bits per heavy atom. The van der Waals surface area contributed by atoms with Crippen LogP contribution < -0.4 is 4.72 Å². The van der Waals surface area contributed by atoms with E-state index in [-0.39, 0.29) is 10.7 Å². The zero-order valence-corrected chi connectivity index (χ0v) is 14.3. The Bertz CT molecular complexity index is 980. The van der Waals surface area contributed by atoms with Crippen LogP contribution in [0.25, 0.3) is 10.8 Å². The number of nitrogens with one attached hydrogen (secondary N) is 1. The number of fused-ring (bicyclic) bond motifs is 1. The lowest BCUT2D eigenvalue weighted by atomic mass is 9.96. The van der Waals surface area contributed by atoms with Gasteiger partial charge in [0.15, 0.2) is 0 Å². The summed E-state index contributed by atoms with van der Waals surface area (Å²) in [6.45, 7) is 3.50. The second-order valence-corrected chi connectivity index (χ2v) is 7.93. The lowest BCUT2D eigenvalue weighted by molar-refractivity contribution is 0.471. The van der Waals surface area contributed by atoms with Gasteiger partial charge in [-0.2, -0.15) is 0 Å². The van der Waals surface area contributed by atoms with E-state index in [0.29, 0.717) is 5.56 Å². The van der Waals surface area contributed by atoms with Crippen LogP contribution in [0, 0.1) is 5.82 Å². The van der Waals surface area contributed by atoms with E-state index in [2.05, 4.69) is 4.72 Å². The molecule has 0 fully saturated rings. The van der Waals surface area contributed by atoms with Crippen molar-refractivity contribution in [3.05, 3.63) is 78.1 Å². The first-order valence-corrected chi connectivity index (χ1v) is 9.05. The predicted molar refractivity (Wildman–Crippen MR) is 93.7 cm³/mol. The molecule has 24 heavy (non-hydrogen) atoms. The summed E-state index contributed by atoms with van der Waals surface area (Å²) in [5.74, 6) is -0.355. The quantitative estimate of drug-likeness (QED) is 0.772. The molecule has 3 rings (SSSR count). The molecule has 0 aliphatic rings. The summed E-state index contributed by atoms with van der Waals surface area (Å²) in [7, 11) is -3.71. The van der Waals surface area contributed by atoms with E-state index in [0.717, 1.165) is 10.8 Å². The van der Waals surface area contributed by atoms with Gasteiger partial charge in [0.2, 0.25) is 10.0 Å². The minimum Gasteiger partial charge on any atom is -0.207 e. The Kier molecular flexibility index (Phi) is 4.15. The van der Waals surface area contributed by atoms with Gasteiger partial charge >= 0.3 is 0 Å². The number of hydrogen-bond acceptors (Lipinski definition) is 2. The lowest BCUT2D eigenvalue weighted by Gasteiger charge is -2.26. The van der Waals surface area contributed by atoms with E-state index in [4.69, 9.17) is 0 Å². The fourth-order valence-electron chi connectivity index (χ4n) is 2.65. The Labute approximate surface area is 141 Å². The molecule has 0 amide bonds. The molecule has 0 heterocycles. The molecule has 0 aliphatic carbocycles. The molecule has 0 saturated heterocycles. The van der Waals surface area contributed by atoms with E-state index in [1.54, 1.807) is 44.2 Å². The van der Waals surface area contributed by atoms with Crippen molar-refractivity contribution >= 4 is 20.8 Å². The maximum absolute atomic E-state index is 13.1. The molecule has 0 saturated carbocycles. The number of sulfonamides is 1. The van der Waals surface area contributed by atoms with Crippen LogP contribution in [0.15, 0.2) is 71.6 Å². The lowest BCUT2D eigenvalue weighted by Crippen LogP contribution is -2.40. The van der Waals surface area contributed by atoms with Crippen molar-refractivity contribution in [3.8, 4) is 0 Å². The summed E-state index contributed by atoms with van der Waals surface area (Å²) in [5.41, 5.74) is -0.175. The zero-order valence-electron chi connectivity index (χ0n) is 13.5. The van der Waals surface area contributed by atoms with Gasteiger partial charge in [-0.3, -0.25) is 0 Å². The zero-order chi connectivity index (χ0) is 17.4. The smallest absolute Gasteiger partial charge is 0.207 e. The van der Waals surface area contributed by atoms with E-state index >= 15 is 0 Å². The number of hydrogen-bond donors (Lipinski definition) is 1. The second kappa shape index (κ2) is 6.00. The summed E-state index contributed by atoms with van der Waals surface area (Å²) >= 11 is 0. The van der Waals surface area contributed by atoms with Crippen LogP contribution in [0.5, 0.6) is 0 Å². The van der Waals surface area contributed by atoms with Gasteiger partial charge in [0.25, 0.3) is 0 Å². The average molecular weight is 343 g/mol.